The maximum absolute atomic E-state index is 12.1. The first-order valence-corrected chi connectivity index (χ1v) is 10.6. The number of nitrogens with zero attached hydrogens (tertiary/aromatic N) is 2. The Morgan fingerprint density at radius 3 is 2.60 bits per heavy atom. The van der Waals surface area contributed by atoms with E-state index in [9.17, 15) is 4.79 Å². The van der Waals surface area contributed by atoms with Crippen molar-refractivity contribution in [3.8, 4) is 0 Å². The number of anilines is 1. The highest BCUT2D eigenvalue weighted by Gasteiger charge is 2.27. The lowest BCUT2D eigenvalue weighted by atomic mass is 10.0. The molecule has 0 bridgehead atoms. The van der Waals surface area contributed by atoms with E-state index in [1.165, 1.54) is 5.56 Å². The van der Waals surface area contributed by atoms with E-state index in [1.807, 2.05) is 37.3 Å². The minimum Gasteiger partial charge on any atom is -0.366 e. The van der Waals surface area contributed by atoms with Gasteiger partial charge >= 0.3 is 0 Å². The van der Waals surface area contributed by atoms with Crippen LogP contribution >= 0.6 is 0 Å². The molecule has 0 saturated carbocycles. The molecular weight excluding hydrogens is 378 g/mol. The Hall–Kier alpha value is -2.41. The Balaban J connectivity index is 1.73. The summed E-state index contributed by atoms with van der Waals surface area (Å²) in [4.78, 5) is 16.8. The van der Waals surface area contributed by atoms with Crippen molar-refractivity contribution < 1.29 is 14.3 Å². The molecule has 0 radical (unpaired) electrons. The molecule has 6 nitrogen and oxygen atoms in total. The van der Waals surface area contributed by atoms with Crippen LogP contribution in [0.4, 0.5) is 5.69 Å². The highest BCUT2D eigenvalue weighted by atomic mass is 16.7. The molecule has 2 aromatic rings. The molecule has 3 rings (SSSR count). The van der Waals surface area contributed by atoms with Crippen LogP contribution in [-0.2, 0) is 9.47 Å². The molecule has 1 amide bonds. The lowest BCUT2D eigenvalue weighted by Gasteiger charge is -2.33. The van der Waals surface area contributed by atoms with Gasteiger partial charge in [-0.3, -0.25) is 9.69 Å². The van der Waals surface area contributed by atoms with Gasteiger partial charge in [-0.15, -0.1) is 0 Å². The lowest BCUT2D eigenvalue weighted by molar-refractivity contribution is -0.0671. The number of carbonyl (C=O) groups is 1. The zero-order valence-electron chi connectivity index (χ0n) is 18.2. The van der Waals surface area contributed by atoms with E-state index in [-0.39, 0.29) is 18.1 Å². The molecule has 162 valence electrons. The number of ether oxygens (including phenoxy) is 2. The highest BCUT2D eigenvalue weighted by molar-refractivity contribution is 5.94. The predicted octanol–water partition coefficient (Wildman–Crippen LogP) is 3.31. The molecule has 0 aliphatic carbocycles. The largest absolute Gasteiger partial charge is 0.366 e. The summed E-state index contributed by atoms with van der Waals surface area (Å²) in [6.07, 6.45) is 1.25. The van der Waals surface area contributed by atoms with E-state index >= 15 is 0 Å². The first-order chi connectivity index (χ1) is 14.6. The van der Waals surface area contributed by atoms with Crippen LogP contribution in [0.1, 0.15) is 35.3 Å². The van der Waals surface area contributed by atoms with Crippen LogP contribution in [0.15, 0.2) is 54.6 Å². The Bertz CT molecular complexity index is 782. The van der Waals surface area contributed by atoms with Crippen molar-refractivity contribution in [1.82, 2.24) is 10.2 Å². The second-order valence-electron chi connectivity index (χ2n) is 7.69. The Morgan fingerprint density at radius 2 is 1.93 bits per heavy atom. The first kappa shape index (κ1) is 22.3. The van der Waals surface area contributed by atoms with Gasteiger partial charge in [-0.2, -0.15) is 0 Å². The third-order valence-corrected chi connectivity index (χ3v) is 5.61. The summed E-state index contributed by atoms with van der Waals surface area (Å²) in [6, 6.07) is 18.6. The zero-order chi connectivity index (χ0) is 21.3. The van der Waals surface area contributed by atoms with Gasteiger partial charge in [-0.05, 0) is 43.2 Å². The van der Waals surface area contributed by atoms with Gasteiger partial charge < -0.3 is 19.7 Å². The number of nitrogens with one attached hydrogen (secondary N) is 1. The van der Waals surface area contributed by atoms with Gasteiger partial charge in [0.05, 0.1) is 12.1 Å². The van der Waals surface area contributed by atoms with E-state index in [4.69, 9.17) is 9.47 Å². The van der Waals surface area contributed by atoms with Gasteiger partial charge in [-0.25, -0.2) is 0 Å². The number of amides is 1. The number of benzene rings is 2. The number of hydrogen-bond donors (Lipinski definition) is 1. The fourth-order valence-electron chi connectivity index (χ4n) is 3.93. The number of methoxy groups -OCH3 is 1. The molecule has 6 heteroatoms. The number of likely N-dealkylation sites (tertiary alicyclic amines) is 1. The Labute approximate surface area is 179 Å². The van der Waals surface area contributed by atoms with Crippen LogP contribution in [0.3, 0.4) is 0 Å². The standard InChI is InChI=1S/C24H33N3O3/c1-4-25-24(28)20-10-12-21(13-11-20)26(2)23(19-8-6-5-7-9-19)17-27-15-14-22(16-27)30-18-29-3/h5-13,22-23H,4,14-18H2,1-3H3,(H,25,28). The molecule has 2 atom stereocenters. The average Bonchev–Trinajstić information content (AvgIpc) is 3.24. The normalized spacial score (nSPS) is 17.6. The highest BCUT2D eigenvalue weighted by Crippen LogP contribution is 2.28. The summed E-state index contributed by atoms with van der Waals surface area (Å²) >= 11 is 0. The average molecular weight is 412 g/mol. The fraction of sp³-hybridized carbons (Fsp3) is 0.458. The number of carbonyl (C=O) groups excluding carboxylic acids is 1. The quantitative estimate of drug-likeness (QED) is 0.608. The second-order valence-corrected chi connectivity index (χ2v) is 7.69. The van der Waals surface area contributed by atoms with Crippen molar-refractivity contribution in [2.75, 3.05) is 52.0 Å². The van der Waals surface area contributed by atoms with Crippen LogP contribution in [0.25, 0.3) is 0 Å². The lowest BCUT2D eigenvalue weighted by Crippen LogP contribution is -2.36. The Kier molecular flexibility index (Phi) is 8.25. The zero-order valence-corrected chi connectivity index (χ0v) is 18.2. The molecule has 30 heavy (non-hydrogen) atoms. The van der Waals surface area contributed by atoms with Crippen LogP contribution in [0.2, 0.25) is 0 Å². The van der Waals surface area contributed by atoms with Crippen molar-refractivity contribution in [3.63, 3.8) is 0 Å². The summed E-state index contributed by atoms with van der Waals surface area (Å²) in [6.45, 7) is 5.73. The summed E-state index contributed by atoms with van der Waals surface area (Å²) in [7, 11) is 3.78. The van der Waals surface area contributed by atoms with Gasteiger partial charge in [0.25, 0.3) is 5.91 Å². The smallest absolute Gasteiger partial charge is 0.251 e. The minimum absolute atomic E-state index is 0.0366. The van der Waals surface area contributed by atoms with Crippen LogP contribution < -0.4 is 10.2 Å². The van der Waals surface area contributed by atoms with Gasteiger partial charge in [0, 0.05) is 51.6 Å². The molecule has 1 saturated heterocycles. The van der Waals surface area contributed by atoms with Gasteiger partial charge in [0.15, 0.2) is 0 Å². The van der Waals surface area contributed by atoms with E-state index in [0.717, 1.165) is 31.7 Å². The van der Waals surface area contributed by atoms with Crippen molar-refractivity contribution in [3.05, 3.63) is 65.7 Å². The number of hydrogen-bond acceptors (Lipinski definition) is 5. The van der Waals surface area contributed by atoms with Crippen molar-refractivity contribution in [1.29, 1.82) is 0 Å². The molecule has 1 fully saturated rings. The van der Waals surface area contributed by atoms with E-state index in [0.29, 0.717) is 18.9 Å². The second kappa shape index (κ2) is 11.1. The monoisotopic (exact) mass is 411 g/mol. The molecule has 2 unspecified atom stereocenters. The maximum atomic E-state index is 12.1. The summed E-state index contributed by atoms with van der Waals surface area (Å²) in [5.41, 5.74) is 3.04. The first-order valence-electron chi connectivity index (χ1n) is 10.6. The number of rotatable bonds is 10. The molecule has 0 spiro atoms. The molecule has 1 aliphatic rings. The molecule has 1 N–H and O–H groups in total. The molecule has 1 aliphatic heterocycles. The predicted molar refractivity (Wildman–Crippen MR) is 120 cm³/mol. The molecule has 1 heterocycles. The van der Waals surface area contributed by atoms with Crippen LogP contribution in [0.5, 0.6) is 0 Å². The van der Waals surface area contributed by atoms with E-state index in [1.54, 1.807) is 7.11 Å². The SMILES string of the molecule is CCNC(=O)c1ccc(N(C)C(CN2CCC(OCOC)C2)c2ccccc2)cc1. The topological polar surface area (TPSA) is 54.0 Å². The minimum atomic E-state index is -0.0366. The van der Waals surface area contributed by atoms with Crippen LogP contribution in [-0.4, -0.2) is 64.0 Å². The molecule has 2 aromatic carbocycles. The van der Waals surface area contributed by atoms with Crippen molar-refractivity contribution in [2.24, 2.45) is 0 Å². The van der Waals surface area contributed by atoms with Crippen molar-refractivity contribution >= 4 is 11.6 Å². The molecule has 0 aromatic heterocycles. The third-order valence-electron chi connectivity index (χ3n) is 5.61. The molecular formula is C24H33N3O3. The van der Waals surface area contributed by atoms with Crippen LogP contribution in [0, 0.1) is 0 Å². The van der Waals surface area contributed by atoms with Gasteiger partial charge in [0.1, 0.15) is 6.79 Å². The summed E-state index contributed by atoms with van der Waals surface area (Å²) in [5, 5.41) is 2.85. The van der Waals surface area contributed by atoms with E-state index < -0.39 is 0 Å². The summed E-state index contributed by atoms with van der Waals surface area (Å²) in [5.74, 6) is -0.0366. The third kappa shape index (κ3) is 5.81. The fourth-order valence-corrected chi connectivity index (χ4v) is 3.93. The van der Waals surface area contributed by atoms with Gasteiger partial charge in [-0.1, -0.05) is 30.3 Å². The van der Waals surface area contributed by atoms with Crippen molar-refractivity contribution in [2.45, 2.75) is 25.5 Å². The maximum Gasteiger partial charge on any atom is 0.251 e. The Morgan fingerprint density at radius 1 is 1.20 bits per heavy atom. The van der Waals surface area contributed by atoms with Gasteiger partial charge in [0.2, 0.25) is 0 Å². The summed E-state index contributed by atoms with van der Waals surface area (Å²) < 4.78 is 10.8. The number of likely N-dealkylation sites (N-methyl/N-ethyl adjacent to an activating group) is 1. The van der Waals surface area contributed by atoms with E-state index in [2.05, 4.69) is 46.4 Å².